The Kier molecular flexibility index (Phi) is 2.83. The van der Waals surface area contributed by atoms with Gasteiger partial charge in [-0.25, -0.2) is 0 Å². The number of hydrogen-bond donors (Lipinski definition) is 1. The van der Waals surface area contributed by atoms with Crippen LogP contribution in [-0.4, -0.2) is 5.11 Å². The average Bonchev–Trinajstić information content (AvgIpc) is 2.71. The van der Waals surface area contributed by atoms with Gasteiger partial charge >= 0.3 is 0 Å². The Morgan fingerprint density at radius 2 is 2.00 bits per heavy atom. The molecule has 0 bridgehead atoms. The van der Waals surface area contributed by atoms with Gasteiger partial charge in [-0.2, -0.15) is 11.3 Å². The van der Waals surface area contributed by atoms with Crippen LogP contribution in [0.25, 0.3) is 0 Å². The second-order valence-electron chi connectivity index (χ2n) is 3.56. The van der Waals surface area contributed by atoms with Crippen LogP contribution in [-0.2, 0) is 5.60 Å². The number of halogens is 1. The van der Waals surface area contributed by atoms with Crippen LogP contribution < -0.4 is 0 Å². The zero-order chi connectivity index (χ0) is 10.9. The van der Waals surface area contributed by atoms with Crippen molar-refractivity contribution in [1.29, 1.82) is 0 Å². The van der Waals surface area contributed by atoms with E-state index in [9.17, 15) is 5.11 Å². The van der Waals surface area contributed by atoms with Gasteiger partial charge in [0, 0.05) is 10.6 Å². The first-order valence-electron chi connectivity index (χ1n) is 4.62. The number of rotatable bonds is 2. The summed E-state index contributed by atoms with van der Waals surface area (Å²) in [6.45, 7) is 1.76. The number of hydrogen-bond acceptors (Lipinski definition) is 2. The smallest absolute Gasteiger partial charge is 0.114 e. The Morgan fingerprint density at radius 3 is 2.60 bits per heavy atom. The lowest BCUT2D eigenvalue weighted by Crippen LogP contribution is -2.22. The van der Waals surface area contributed by atoms with Gasteiger partial charge < -0.3 is 5.11 Å². The van der Waals surface area contributed by atoms with E-state index in [4.69, 9.17) is 11.6 Å². The lowest BCUT2D eigenvalue weighted by molar-refractivity contribution is 0.103. The lowest BCUT2D eigenvalue weighted by Gasteiger charge is -2.24. The molecule has 0 spiro atoms. The van der Waals surface area contributed by atoms with Crippen LogP contribution in [0.3, 0.4) is 0 Å². The van der Waals surface area contributed by atoms with Crippen LogP contribution in [0.5, 0.6) is 0 Å². The van der Waals surface area contributed by atoms with E-state index >= 15 is 0 Å². The van der Waals surface area contributed by atoms with E-state index in [2.05, 4.69) is 0 Å². The minimum absolute atomic E-state index is 0.591. The maximum absolute atomic E-state index is 10.4. The summed E-state index contributed by atoms with van der Waals surface area (Å²) < 4.78 is 0. The largest absolute Gasteiger partial charge is 0.381 e. The van der Waals surface area contributed by atoms with E-state index in [0.29, 0.717) is 5.02 Å². The molecule has 2 rings (SSSR count). The van der Waals surface area contributed by atoms with Crippen LogP contribution in [0, 0.1) is 0 Å². The van der Waals surface area contributed by atoms with Crippen molar-refractivity contribution >= 4 is 22.9 Å². The van der Waals surface area contributed by atoms with Gasteiger partial charge in [0.15, 0.2) is 0 Å². The summed E-state index contributed by atoms with van der Waals surface area (Å²) in [6, 6.07) is 9.28. The normalized spacial score (nSPS) is 14.9. The maximum atomic E-state index is 10.4. The molecule has 0 aliphatic rings. The van der Waals surface area contributed by atoms with E-state index in [1.54, 1.807) is 24.3 Å². The topological polar surface area (TPSA) is 20.2 Å². The number of thiophene rings is 1. The Morgan fingerprint density at radius 1 is 1.27 bits per heavy atom. The van der Waals surface area contributed by atoms with Crippen molar-refractivity contribution in [3.8, 4) is 0 Å². The number of aliphatic hydroxyl groups is 1. The summed E-state index contributed by atoms with van der Waals surface area (Å²) in [5, 5.41) is 14.9. The van der Waals surface area contributed by atoms with Crippen molar-refractivity contribution in [3.63, 3.8) is 0 Å². The highest BCUT2D eigenvalue weighted by atomic mass is 35.5. The van der Waals surface area contributed by atoms with Crippen molar-refractivity contribution in [3.05, 3.63) is 57.2 Å². The summed E-state index contributed by atoms with van der Waals surface area (Å²) >= 11 is 7.63. The minimum atomic E-state index is -1.02. The lowest BCUT2D eigenvalue weighted by atomic mass is 9.90. The Bertz CT molecular complexity index is 448. The summed E-state index contributed by atoms with van der Waals surface area (Å²) in [6.07, 6.45) is 0. The van der Waals surface area contributed by atoms with E-state index in [0.717, 1.165) is 11.1 Å². The second kappa shape index (κ2) is 3.97. The standard InChI is InChI=1S/C12H11ClOS/c1-12(14,9-6-7-15-8-9)10-4-2-3-5-11(10)13/h2-8,14H,1H3. The van der Waals surface area contributed by atoms with Crippen LogP contribution in [0.1, 0.15) is 18.1 Å². The predicted molar refractivity (Wildman–Crippen MR) is 64.4 cm³/mol. The van der Waals surface area contributed by atoms with Crippen molar-refractivity contribution in [2.45, 2.75) is 12.5 Å². The third-order valence-electron chi connectivity index (χ3n) is 2.48. The summed E-state index contributed by atoms with van der Waals surface area (Å²) in [5.74, 6) is 0. The minimum Gasteiger partial charge on any atom is -0.381 e. The molecule has 1 N–H and O–H groups in total. The van der Waals surface area contributed by atoms with Crippen LogP contribution in [0.2, 0.25) is 5.02 Å². The summed E-state index contributed by atoms with van der Waals surface area (Å²) in [4.78, 5) is 0. The highest BCUT2D eigenvalue weighted by Crippen LogP contribution is 2.34. The molecule has 0 aliphatic carbocycles. The monoisotopic (exact) mass is 238 g/mol. The van der Waals surface area contributed by atoms with Crippen molar-refractivity contribution < 1.29 is 5.11 Å². The first-order valence-corrected chi connectivity index (χ1v) is 5.94. The van der Waals surface area contributed by atoms with E-state index in [1.165, 1.54) is 0 Å². The molecule has 1 nitrogen and oxygen atoms in total. The third-order valence-corrected chi connectivity index (χ3v) is 3.49. The molecule has 0 fully saturated rings. The fraction of sp³-hybridized carbons (Fsp3) is 0.167. The van der Waals surface area contributed by atoms with Gasteiger partial charge in [0.1, 0.15) is 5.60 Å². The third kappa shape index (κ3) is 1.93. The Balaban J connectivity index is 2.51. The molecule has 0 radical (unpaired) electrons. The second-order valence-corrected chi connectivity index (χ2v) is 4.75. The van der Waals surface area contributed by atoms with Gasteiger partial charge in [0.25, 0.3) is 0 Å². The fourth-order valence-electron chi connectivity index (χ4n) is 1.55. The van der Waals surface area contributed by atoms with Gasteiger partial charge in [0.2, 0.25) is 0 Å². The van der Waals surface area contributed by atoms with Crippen molar-refractivity contribution in [2.75, 3.05) is 0 Å². The first-order chi connectivity index (χ1) is 7.12. The van der Waals surface area contributed by atoms with Crippen molar-refractivity contribution in [2.24, 2.45) is 0 Å². The quantitative estimate of drug-likeness (QED) is 0.847. The molecule has 2 aromatic rings. The van der Waals surface area contributed by atoms with E-state index in [-0.39, 0.29) is 0 Å². The molecule has 1 unspecified atom stereocenters. The van der Waals surface area contributed by atoms with E-state index < -0.39 is 5.60 Å². The molecule has 0 saturated carbocycles. The molecule has 1 aromatic heterocycles. The zero-order valence-corrected chi connectivity index (χ0v) is 9.85. The molecule has 1 atom stereocenters. The van der Waals surface area contributed by atoms with Gasteiger partial charge in [0.05, 0.1) is 0 Å². The molecular weight excluding hydrogens is 228 g/mol. The molecule has 0 aliphatic heterocycles. The highest BCUT2D eigenvalue weighted by Gasteiger charge is 2.27. The molecule has 0 amide bonds. The summed E-state index contributed by atoms with van der Waals surface area (Å²) in [5.41, 5.74) is 0.601. The molecule has 15 heavy (non-hydrogen) atoms. The number of benzene rings is 1. The fourth-order valence-corrected chi connectivity index (χ4v) is 2.63. The highest BCUT2D eigenvalue weighted by molar-refractivity contribution is 7.08. The van der Waals surface area contributed by atoms with E-state index in [1.807, 2.05) is 35.0 Å². The molecule has 3 heteroatoms. The first kappa shape index (κ1) is 10.7. The molecule has 1 heterocycles. The van der Waals surface area contributed by atoms with Gasteiger partial charge in [-0.1, -0.05) is 29.8 Å². The maximum Gasteiger partial charge on any atom is 0.114 e. The molecule has 0 saturated heterocycles. The van der Waals surface area contributed by atoms with Crippen LogP contribution >= 0.6 is 22.9 Å². The molecule has 1 aromatic carbocycles. The van der Waals surface area contributed by atoms with Gasteiger partial charge in [-0.05, 0) is 35.4 Å². The SMILES string of the molecule is CC(O)(c1ccsc1)c1ccccc1Cl. The molecule has 78 valence electrons. The van der Waals surface area contributed by atoms with Gasteiger partial charge in [-0.15, -0.1) is 0 Å². The predicted octanol–water partition coefficient (Wildman–Crippen LogP) is 3.66. The Labute approximate surface area is 98.0 Å². The summed E-state index contributed by atoms with van der Waals surface area (Å²) in [7, 11) is 0. The van der Waals surface area contributed by atoms with Crippen LogP contribution in [0.4, 0.5) is 0 Å². The van der Waals surface area contributed by atoms with Crippen molar-refractivity contribution in [1.82, 2.24) is 0 Å². The Hall–Kier alpha value is -0.830. The van der Waals surface area contributed by atoms with Crippen LogP contribution in [0.15, 0.2) is 41.1 Å². The average molecular weight is 239 g/mol. The van der Waals surface area contributed by atoms with Gasteiger partial charge in [-0.3, -0.25) is 0 Å². The molecular formula is C12H11ClOS. The zero-order valence-electron chi connectivity index (χ0n) is 8.27.